The average molecular weight is 348 g/mol. The van der Waals surface area contributed by atoms with Gasteiger partial charge in [-0.1, -0.05) is 41.4 Å². The Kier molecular flexibility index (Phi) is 5.54. The van der Waals surface area contributed by atoms with E-state index in [1.165, 1.54) is 11.1 Å². The number of nitrogen functional groups attached to an aromatic ring is 1. The van der Waals surface area contributed by atoms with Crippen LogP contribution >= 0.6 is 11.6 Å². The Morgan fingerprint density at radius 2 is 1.92 bits per heavy atom. The quantitative estimate of drug-likeness (QED) is 0.467. The van der Waals surface area contributed by atoms with Crippen LogP contribution in [0.4, 0.5) is 11.6 Å². The molecule has 0 saturated carbocycles. The maximum Gasteiger partial charge on any atom is 0.302 e. The fourth-order valence-corrected chi connectivity index (χ4v) is 2.14. The zero-order valence-electron chi connectivity index (χ0n) is 13.1. The molecule has 0 saturated heterocycles. The highest BCUT2D eigenvalue weighted by Crippen LogP contribution is 2.21. The monoisotopic (exact) mass is 347 g/mol. The molecular weight excluding hydrogens is 330 g/mol. The van der Waals surface area contributed by atoms with Gasteiger partial charge in [-0.2, -0.15) is 4.99 Å². The first-order valence-electron chi connectivity index (χ1n) is 7.13. The van der Waals surface area contributed by atoms with Crippen LogP contribution in [0.1, 0.15) is 21.6 Å². The van der Waals surface area contributed by atoms with E-state index < -0.39 is 11.9 Å². The number of guanidine groups is 1. The number of benzene rings is 1. The van der Waals surface area contributed by atoms with Crippen molar-refractivity contribution in [3.05, 3.63) is 46.2 Å². The molecule has 0 aliphatic rings. The van der Waals surface area contributed by atoms with Crippen LogP contribution in [0.3, 0.4) is 0 Å². The third kappa shape index (κ3) is 4.56. The van der Waals surface area contributed by atoms with E-state index in [0.29, 0.717) is 12.4 Å². The highest BCUT2D eigenvalue weighted by atomic mass is 35.5. The molecule has 0 unspecified atom stereocenters. The molecule has 0 aliphatic carbocycles. The molecule has 8 nitrogen and oxygen atoms in total. The summed E-state index contributed by atoms with van der Waals surface area (Å²) >= 11 is 6.03. The summed E-state index contributed by atoms with van der Waals surface area (Å²) < 4.78 is 0. The molecule has 0 bridgehead atoms. The van der Waals surface area contributed by atoms with Crippen molar-refractivity contribution in [2.45, 2.75) is 13.3 Å². The Balaban J connectivity index is 2.06. The Morgan fingerprint density at radius 3 is 2.54 bits per heavy atom. The van der Waals surface area contributed by atoms with Crippen LogP contribution in [-0.4, -0.2) is 28.4 Å². The zero-order valence-corrected chi connectivity index (χ0v) is 13.8. The predicted molar refractivity (Wildman–Crippen MR) is 95.0 cm³/mol. The number of aryl methyl sites for hydroxylation is 1. The highest BCUT2D eigenvalue weighted by Gasteiger charge is 2.16. The van der Waals surface area contributed by atoms with Gasteiger partial charge in [0.1, 0.15) is 0 Å². The molecule has 2 aromatic rings. The molecule has 0 radical (unpaired) electrons. The highest BCUT2D eigenvalue weighted by molar-refractivity contribution is 6.32. The predicted octanol–water partition coefficient (Wildman–Crippen LogP) is 1.09. The van der Waals surface area contributed by atoms with Crippen molar-refractivity contribution in [1.29, 1.82) is 0 Å². The second kappa shape index (κ2) is 7.60. The zero-order chi connectivity index (χ0) is 17.7. The first-order valence-corrected chi connectivity index (χ1v) is 7.51. The number of nitrogens with one attached hydrogen (secondary N) is 1. The van der Waals surface area contributed by atoms with Gasteiger partial charge in [0.15, 0.2) is 28.4 Å². The van der Waals surface area contributed by atoms with Crippen LogP contribution in [0.15, 0.2) is 29.3 Å². The van der Waals surface area contributed by atoms with E-state index in [2.05, 4.69) is 32.4 Å². The number of hydrogen-bond donors (Lipinski definition) is 4. The van der Waals surface area contributed by atoms with Crippen LogP contribution in [0.25, 0.3) is 0 Å². The standard InChI is InChI=1S/C15H18ClN7O/c1-8-2-4-9(5-3-8)6-7-20-13-11(16)21-10(12(17)22-13)14(24)23-15(18)19/h2-5H,6-7H2,1H3,(H3,17,20,22)(H4,18,19,23,24). The van der Waals surface area contributed by atoms with E-state index >= 15 is 0 Å². The third-order valence-electron chi connectivity index (χ3n) is 3.14. The molecule has 0 atom stereocenters. The molecule has 126 valence electrons. The summed E-state index contributed by atoms with van der Waals surface area (Å²) in [6.45, 7) is 2.61. The van der Waals surface area contributed by atoms with E-state index in [-0.39, 0.29) is 16.7 Å². The van der Waals surface area contributed by atoms with E-state index in [1.54, 1.807) is 0 Å². The lowest BCUT2D eigenvalue weighted by Crippen LogP contribution is -2.25. The lowest BCUT2D eigenvalue weighted by molar-refractivity contribution is 0.0998. The summed E-state index contributed by atoms with van der Waals surface area (Å²) in [5.41, 5.74) is 18.2. The number of nitrogens with zero attached hydrogens (tertiary/aromatic N) is 3. The minimum atomic E-state index is -0.798. The molecule has 1 amide bonds. The maximum atomic E-state index is 11.8. The Morgan fingerprint density at radius 1 is 1.25 bits per heavy atom. The van der Waals surface area contributed by atoms with Gasteiger partial charge >= 0.3 is 5.91 Å². The van der Waals surface area contributed by atoms with Crippen molar-refractivity contribution < 1.29 is 4.79 Å². The van der Waals surface area contributed by atoms with Crippen LogP contribution in [0, 0.1) is 6.92 Å². The van der Waals surface area contributed by atoms with Crippen molar-refractivity contribution in [3.63, 3.8) is 0 Å². The maximum absolute atomic E-state index is 11.8. The summed E-state index contributed by atoms with van der Waals surface area (Å²) in [5, 5.41) is 3.06. The molecule has 1 aromatic carbocycles. The van der Waals surface area contributed by atoms with Crippen molar-refractivity contribution in [2.75, 3.05) is 17.6 Å². The van der Waals surface area contributed by atoms with Gasteiger partial charge in [0.25, 0.3) is 0 Å². The number of nitrogens with two attached hydrogens (primary N) is 3. The van der Waals surface area contributed by atoms with Gasteiger partial charge in [-0.05, 0) is 18.9 Å². The Bertz CT molecular complexity index is 770. The van der Waals surface area contributed by atoms with Crippen molar-refractivity contribution in [2.24, 2.45) is 16.5 Å². The SMILES string of the molecule is Cc1ccc(CCNc2nc(N)c(C(=O)N=C(N)N)nc2Cl)cc1. The number of rotatable bonds is 5. The Labute approximate surface area is 144 Å². The first kappa shape index (κ1) is 17.5. The van der Waals surface area contributed by atoms with Crippen molar-refractivity contribution >= 4 is 35.1 Å². The van der Waals surface area contributed by atoms with Gasteiger partial charge in [-0.25, -0.2) is 9.97 Å². The number of carbonyl (C=O) groups is 1. The summed E-state index contributed by atoms with van der Waals surface area (Å²) in [5.74, 6) is -1.000. The topological polar surface area (TPSA) is 145 Å². The summed E-state index contributed by atoms with van der Waals surface area (Å²) in [4.78, 5) is 23.1. The van der Waals surface area contributed by atoms with E-state index in [9.17, 15) is 4.79 Å². The second-order valence-corrected chi connectivity index (χ2v) is 5.46. The third-order valence-corrected chi connectivity index (χ3v) is 3.40. The lowest BCUT2D eigenvalue weighted by Gasteiger charge is -2.09. The summed E-state index contributed by atoms with van der Waals surface area (Å²) in [6, 6.07) is 8.19. The molecule has 1 heterocycles. The number of aliphatic imine (C=N–C) groups is 1. The molecular formula is C15H18ClN7O. The molecule has 7 N–H and O–H groups in total. The van der Waals surface area contributed by atoms with E-state index in [4.69, 9.17) is 28.8 Å². The fourth-order valence-electron chi connectivity index (χ4n) is 1.95. The smallest absolute Gasteiger partial charge is 0.302 e. The molecule has 9 heteroatoms. The first-order chi connectivity index (χ1) is 11.4. The average Bonchev–Trinajstić information content (AvgIpc) is 2.51. The number of carbonyl (C=O) groups excluding carboxylic acids is 1. The van der Waals surface area contributed by atoms with Gasteiger partial charge in [-0.15, -0.1) is 0 Å². The number of aromatic nitrogens is 2. The number of amides is 1. The van der Waals surface area contributed by atoms with Gasteiger partial charge < -0.3 is 22.5 Å². The summed E-state index contributed by atoms with van der Waals surface area (Å²) in [6.07, 6.45) is 0.771. The molecule has 0 fully saturated rings. The number of anilines is 2. The normalized spacial score (nSPS) is 10.2. The largest absolute Gasteiger partial charge is 0.382 e. The van der Waals surface area contributed by atoms with Crippen LogP contribution in [-0.2, 0) is 6.42 Å². The minimum absolute atomic E-state index is 0.0160. The van der Waals surface area contributed by atoms with Gasteiger partial charge in [0.2, 0.25) is 0 Å². The molecule has 2 rings (SSSR count). The van der Waals surface area contributed by atoms with Crippen LogP contribution in [0.5, 0.6) is 0 Å². The lowest BCUT2D eigenvalue weighted by atomic mass is 10.1. The molecule has 0 spiro atoms. The van der Waals surface area contributed by atoms with Gasteiger partial charge in [0.05, 0.1) is 0 Å². The molecule has 0 aliphatic heterocycles. The van der Waals surface area contributed by atoms with Crippen LogP contribution < -0.4 is 22.5 Å². The fraction of sp³-hybridized carbons (Fsp3) is 0.200. The van der Waals surface area contributed by atoms with Crippen molar-refractivity contribution in [3.8, 4) is 0 Å². The van der Waals surface area contributed by atoms with Crippen molar-refractivity contribution in [1.82, 2.24) is 9.97 Å². The van der Waals surface area contributed by atoms with E-state index in [0.717, 1.165) is 6.42 Å². The number of halogens is 1. The van der Waals surface area contributed by atoms with Gasteiger partial charge in [0, 0.05) is 6.54 Å². The molecule has 24 heavy (non-hydrogen) atoms. The Hall–Kier alpha value is -2.87. The van der Waals surface area contributed by atoms with Crippen LogP contribution in [0.2, 0.25) is 5.15 Å². The van der Waals surface area contributed by atoms with E-state index in [1.807, 2.05) is 19.1 Å². The second-order valence-electron chi connectivity index (χ2n) is 5.10. The minimum Gasteiger partial charge on any atom is -0.382 e. The number of hydrogen-bond acceptors (Lipinski definition) is 5. The molecule has 1 aromatic heterocycles. The van der Waals surface area contributed by atoms with Gasteiger partial charge in [-0.3, -0.25) is 4.79 Å². The summed E-state index contributed by atoms with van der Waals surface area (Å²) in [7, 11) is 0.